The standard InChI is InChI=1S/C13H24N2O3/c1-9(14-5)11(16)15-8-6-7-10(15)12(17)18-13(2,3)4/h9-10,14H,6-8H2,1-5H3. The molecule has 0 saturated carbocycles. The van der Waals surface area contributed by atoms with Gasteiger partial charge in [-0.3, -0.25) is 4.79 Å². The summed E-state index contributed by atoms with van der Waals surface area (Å²) >= 11 is 0. The number of hydrogen-bond donors (Lipinski definition) is 1. The van der Waals surface area contributed by atoms with Crippen LogP contribution in [0.3, 0.4) is 0 Å². The van der Waals surface area contributed by atoms with Crippen molar-refractivity contribution < 1.29 is 14.3 Å². The molecule has 0 aromatic heterocycles. The zero-order valence-corrected chi connectivity index (χ0v) is 11.9. The van der Waals surface area contributed by atoms with Crippen LogP contribution in [-0.4, -0.2) is 48.1 Å². The summed E-state index contributed by atoms with van der Waals surface area (Å²) in [6.07, 6.45) is 1.54. The van der Waals surface area contributed by atoms with Gasteiger partial charge in [-0.2, -0.15) is 0 Å². The number of nitrogens with zero attached hydrogens (tertiary/aromatic N) is 1. The summed E-state index contributed by atoms with van der Waals surface area (Å²) in [5.41, 5.74) is -0.511. The van der Waals surface area contributed by atoms with Crippen LogP contribution in [0.15, 0.2) is 0 Å². The zero-order valence-electron chi connectivity index (χ0n) is 11.9. The van der Waals surface area contributed by atoms with Gasteiger partial charge in [0.15, 0.2) is 0 Å². The molecule has 1 fully saturated rings. The fraction of sp³-hybridized carbons (Fsp3) is 0.846. The maximum Gasteiger partial charge on any atom is 0.329 e. The Bertz CT molecular complexity index is 323. The van der Waals surface area contributed by atoms with Crippen molar-refractivity contribution in [3.8, 4) is 0 Å². The summed E-state index contributed by atoms with van der Waals surface area (Å²) in [6, 6.07) is -0.694. The molecule has 0 aromatic rings. The molecule has 1 aliphatic heterocycles. The van der Waals surface area contributed by atoms with Crippen LogP contribution < -0.4 is 5.32 Å². The molecule has 1 rings (SSSR count). The van der Waals surface area contributed by atoms with E-state index in [9.17, 15) is 9.59 Å². The molecular weight excluding hydrogens is 232 g/mol. The minimum atomic E-state index is -0.511. The number of amides is 1. The molecule has 1 saturated heterocycles. The third-order valence-electron chi connectivity index (χ3n) is 3.02. The molecule has 1 N–H and O–H groups in total. The molecule has 1 heterocycles. The Labute approximate surface area is 109 Å². The van der Waals surface area contributed by atoms with Crippen LogP contribution in [0.1, 0.15) is 40.5 Å². The van der Waals surface area contributed by atoms with Crippen molar-refractivity contribution in [1.29, 1.82) is 0 Å². The highest BCUT2D eigenvalue weighted by Crippen LogP contribution is 2.21. The molecular formula is C13H24N2O3. The van der Waals surface area contributed by atoms with Gasteiger partial charge in [0.25, 0.3) is 0 Å². The van der Waals surface area contributed by atoms with Crippen LogP contribution >= 0.6 is 0 Å². The van der Waals surface area contributed by atoms with E-state index >= 15 is 0 Å². The Morgan fingerprint density at radius 1 is 1.39 bits per heavy atom. The van der Waals surface area contributed by atoms with E-state index in [1.165, 1.54) is 0 Å². The fourth-order valence-corrected chi connectivity index (χ4v) is 2.02. The largest absolute Gasteiger partial charge is 0.458 e. The molecule has 2 atom stereocenters. The first-order chi connectivity index (χ1) is 8.26. The average molecular weight is 256 g/mol. The minimum Gasteiger partial charge on any atom is -0.458 e. The summed E-state index contributed by atoms with van der Waals surface area (Å²) in [7, 11) is 1.74. The molecule has 104 valence electrons. The number of hydrogen-bond acceptors (Lipinski definition) is 4. The Hall–Kier alpha value is -1.10. The molecule has 0 radical (unpaired) electrons. The summed E-state index contributed by atoms with van der Waals surface area (Å²) < 4.78 is 5.36. The van der Waals surface area contributed by atoms with Gasteiger partial charge in [-0.25, -0.2) is 4.79 Å². The van der Waals surface area contributed by atoms with E-state index in [1.807, 2.05) is 20.8 Å². The second kappa shape index (κ2) is 5.69. The highest BCUT2D eigenvalue weighted by molar-refractivity contribution is 5.88. The average Bonchev–Trinajstić information content (AvgIpc) is 2.73. The lowest BCUT2D eigenvalue weighted by atomic mass is 10.1. The van der Waals surface area contributed by atoms with Crippen molar-refractivity contribution in [2.45, 2.75) is 58.2 Å². The first kappa shape index (κ1) is 15.0. The van der Waals surface area contributed by atoms with Crippen molar-refractivity contribution in [2.75, 3.05) is 13.6 Å². The molecule has 2 unspecified atom stereocenters. The molecule has 0 bridgehead atoms. The lowest BCUT2D eigenvalue weighted by Gasteiger charge is -2.29. The number of carbonyl (C=O) groups is 2. The second-order valence-electron chi connectivity index (χ2n) is 5.73. The van der Waals surface area contributed by atoms with Crippen molar-refractivity contribution in [1.82, 2.24) is 10.2 Å². The zero-order chi connectivity index (χ0) is 13.9. The van der Waals surface area contributed by atoms with Crippen LogP contribution in [-0.2, 0) is 14.3 Å². The number of likely N-dealkylation sites (N-methyl/N-ethyl adjacent to an activating group) is 1. The Kier molecular flexibility index (Phi) is 4.73. The van der Waals surface area contributed by atoms with Gasteiger partial charge in [-0.1, -0.05) is 0 Å². The van der Waals surface area contributed by atoms with E-state index in [2.05, 4.69) is 5.32 Å². The summed E-state index contributed by atoms with van der Waals surface area (Å²) in [4.78, 5) is 25.8. The van der Waals surface area contributed by atoms with E-state index in [1.54, 1.807) is 18.9 Å². The van der Waals surface area contributed by atoms with E-state index in [0.29, 0.717) is 13.0 Å². The van der Waals surface area contributed by atoms with Gasteiger partial charge in [-0.15, -0.1) is 0 Å². The molecule has 5 heteroatoms. The van der Waals surface area contributed by atoms with Gasteiger partial charge in [0.2, 0.25) is 5.91 Å². The number of carbonyl (C=O) groups excluding carboxylic acids is 2. The molecule has 0 aliphatic carbocycles. The monoisotopic (exact) mass is 256 g/mol. The number of likely N-dealkylation sites (tertiary alicyclic amines) is 1. The molecule has 18 heavy (non-hydrogen) atoms. The summed E-state index contributed by atoms with van der Waals surface area (Å²) in [6.45, 7) is 7.94. The van der Waals surface area contributed by atoms with Gasteiger partial charge in [0.1, 0.15) is 11.6 Å². The highest BCUT2D eigenvalue weighted by atomic mass is 16.6. The van der Waals surface area contributed by atoms with Gasteiger partial charge >= 0.3 is 5.97 Å². The smallest absolute Gasteiger partial charge is 0.329 e. The lowest BCUT2D eigenvalue weighted by Crippen LogP contribution is -2.49. The minimum absolute atomic E-state index is 0.0362. The van der Waals surface area contributed by atoms with Crippen LogP contribution in [0.5, 0.6) is 0 Å². The third kappa shape index (κ3) is 3.70. The third-order valence-corrected chi connectivity index (χ3v) is 3.02. The van der Waals surface area contributed by atoms with Crippen LogP contribution in [0.4, 0.5) is 0 Å². The summed E-state index contributed by atoms with van der Waals surface area (Å²) in [5, 5.41) is 2.91. The van der Waals surface area contributed by atoms with Gasteiger partial charge in [-0.05, 0) is 47.6 Å². The summed E-state index contributed by atoms with van der Waals surface area (Å²) in [5.74, 6) is -0.331. The van der Waals surface area contributed by atoms with E-state index in [0.717, 1.165) is 6.42 Å². The Morgan fingerprint density at radius 3 is 2.50 bits per heavy atom. The maximum atomic E-state index is 12.1. The van der Waals surface area contributed by atoms with Crippen molar-refractivity contribution >= 4 is 11.9 Å². The highest BCUT2D eigenvalue weighted by Gasteiger charge is 2.37. The lowest BCUT2D eigenvalue weighted by molar-refractivity contribution is -0.163. The predicted octanol–water partition coefficient (Wildman–Crippen LogP) is 0.927. The van der Waals surface area contributed by atoms with E-state index in [4.69, 9.17) is 4.74 Å². The normalized spacial score (nSPS) is 21.8. The predicted molar refractivity (Wildman–Crippen MR) is 69.1 cm³/mol. The van der Waals surface area contributed by atoms with Crippen LogP contribution in [0.2, 0.25) is 0 Å². The second-order valence-corrected chi connectivity index (χ2v) is 5.73. The van der Waals surface area contributed by atoms with Crippen molar-refractivity contribution in [3.63, 3.8) is 0 Å². The molecule has 1 aliphatic rings. The molecule has 5 nitrogen and oxygen atoms in total. The first-order valence-corrected chi connectivity index (χ1v) is 6.47. The Morgan fingerprint density at radius 2 is 2.00 bits per heavy atom. The van der Waals surface area contributed by atoms with Gasteiger partial charge in [0.05, 0.1) is 6.04 Å². The van der Waals surface area contributed by atoms with Crippen molar-refractivity contribution in [3.05, 3.63) is 0 Å². The van der Waals surface area contributed by atoms with Crippen molar-refractivity contribution in [2.24, 2.45) is 0 Å². The Balaban J connectivity index is 2.70. The van der Waals surface area contributed by atoms with Gasteiger partial charge < -0.3 is 15.0 Å². The number of nitrogens with one attached hydrogen (secondary N) is 1. The van der Waals surface area contributed by atoms with E-state index < -0.39 is 11.6 Å². The SMILES string of the molecule is CNC(C)C(=O)N1CCCC1C(=O)OC(C)(C)C. The number of esters is 1. The van der Waals surface area contributed by atoms with E-state index in [-0.39, 0.29) is 17.9 Å². The molecule has 0 aromatic carbocycles. The number of rotatable bonds is 3. The quantitative estimate of drug-likeness (QED) is 0.763. The topological polar surface area (TPSA) is 58.6 Å². The molecule has 1 amide bonds. The van der Waals surface area contributed by atoms with Gasteiger partial charge in [0, 0.05) is 6.54 Å². The van der Waals surface area contributed by atoms with Crippen LogP contribution in [0, 0.1) is 0 Å². The maximum absolute atomic E-state index is 12.1. The molecule has 0 spiro atoms. The first-order valence-electron chi connectivity index (χ1n) is 6.47. The van der Waals surface area contributed by atoms with Crippen LogP contribution in [0.25, 0.3) is 0 Å². The fourth-order valence-electron chi connectivity index (χ4n) is 2.02. The number of ether oxygens (including phenoxy) is 1.